The summed E-state index contributed by atoms with van der Waals surface area (Å²) in [5, 5.41) is 0. The standard InChI is InChI=1S/C11H23S/c1-5-7-8-9-10-11(3,6-2)12-4/h2,5-10H2,1,3-4H3. The maximum absolute atomic E-state index is 4.01. The van der Waals surface area contributed by atoms with E-state index in [4.69, 9.17) is 0 Å². The van der Waals surface area contributed by atoms with Crippen molar-refractivity contribution in [3.05, 3.63) is 6.92 Å². The van der Waals surface area contributed by atoms with Crippen molar-refractivity contribution in [1.82, 2.24) is 0 Å². The highest BCUT2D eigenvalue weighted by molar-refractivity contribution is 7.99. The lowest BCUT2D eigenvalue weighted by molar-refractivity contribution is 0.533. The Morgan fingerprint density at radius 3 is 2.33 bits per heavy atom. The smallest absolute Gasteiger partial charge is 0.0129 e. The molecule has 0 spiro atoms. The first-order chi connectivity index (χ1) is 5.68. The van der Waals surface area contributed by atoms with E-state index in [0.717, 1.165) is 6.42 Å². The largest absolute Gasteiger partial charge is 0.159 e. The van der Waals surface area contributed by atoms with Crippen LogP contribution in [0.1, 0.15) is 52.4 Å². The fourth-order valence-electron chi connectivity index (χ4n) is 1.25. The van der Waals surface area contributed by atoms with E-state index >= 15 is 0 Å². The Morgan fingerprint density at radius 2 is 1.92 bits per heavy atom. The van der Waals surface area contributed by atoms with Gasteiger partial charge in [0.1, 0.15) is 0 Å². The van der Waals surface area contributed by atoms with Crippen LogP contribution in [0.2, 0.25) is 0 Å². The monoisotopic (exact) mass is 187 g/mol. The van der Waals surface area contributed by atoms with Gasteiger partial charge in [-0.1, -0.05) is 46.5 Å². The third-order valence-corrected chi connectivity index (χ3v) is 3.97. The van der Waals surface area contributed by atoms with E-state index < -0.39 is 0 Å². The Labute approximate surface area is 82.5 Å². The molecule has 0 amide bonds. The van der Waals surface area contributed by atoms with Crippen molar-refractivity contribution in [2.24, 2.45) is 0 Å². The van der Waals surface area contributed by atoms with Gasteiger partial charge in [-0.25, -0.2) is 0 Å². The number of thioether (sulfide) groups is 1. The van der Waals surface area contributed by atoms with Crippen LogP contribution in [-0.2, 0) is 0 Å². The molecule has 73 valence electrons. The minimum absolute atomic E-state index is 0.438. The number of hydrogen-bond donors (Lipinski definition) is 0. The highest BCUT2D eigenvalue weighted by atomic mass is 32.2. The predicted molar refractivity (Wildman–Crippen MR) is 60.7 cm³/mol. The molecule has 0 aliphatic rings. The summed E-state index contributed by atoms with van der Waals surface area (Å²) in [7, 11) is 0. The SMILES string of the molecule is [CH2]CC(C)(CCCCCC)SC. The Bertz CT molecular complexity index is 95.2. The van der Waals surface area contributed by atoms with Crippen LogP contribution in [-0.4, -0.2) is 11.0 Å². The molecule has 0 saturated carbocycles. The lowest BCUT2D eigenvalue weighted by atomic mass is 9.99. The van der Waals surface area contributed by atoms with Gasteiger partial charge in [-0.2, -0.15) is 11.8 Å². The van der Waals surface area contributed by atoms with E-state index in [1.54, 1.807) is 0 Å². The van der Waals surface area contributed by atoms with Crippen LogP contribution in [0.3, 0.4) is 0 Å². The second-order valence-corrected chi connectivity index (χ2v) is 5.11. The summed E-state index contributed by atoms with van der Waals surface area (Å²) in [5.41, 5.74) is 0. The van der Waals surface area contributed by atoms with Gasteiger partial charge in [0.25, 0.3) is 0 Å². The van der Waals surface area contributed by atoms with E-state index in [9.17, 15) is 0 Å². The summed E-state index contributed by atoms with van der Waals surface area (Å²) >= 11 is 1.97. The van der Waals surface area contributed by atoms with E-state index in [-0.39, 0.29) is 0 Å². The number of unbranched alkanes of at least 4 members (excludes halogenated alkanes) is 3. The molecule has 0 rings (SSSR count). The average molecular weight is 187 g/mol. The zero-order valence-electron chi connectivity index (χ0n) is 8.86. The quantitative estimate of drug-likeness (QED) is 0.535. The lowest BCUT2D eigenvalue weighted by Crippen LogP contribution is -2.17. The van der Waals surface area contributed by atoms with Crippen molar-refractivity contribution in [3.63, 3.8) is 0 Å². The predicted octanol–water partition coefficient (Wildman–Crippen LogP) is 4.30. The molecule has 0 aliphatic carbocycles. The van der Waals surface area contributed by atoms with Crippen molar-refractivity contribution in [3.8, 4) is 0 Å². The fourth-order valence-corrected chi connectivity index (χ4v) is 1.81. The minimum atomic E-state index is 0.438. The fraction of sp³-hybridized carbons (Fsp3) is 0.909. The molecule has 0 saturated heterocycles. The molecule has 0 aromatic carbocycles. The Morgan fingerprint density at radius 1 is 1.25 bits per heavy atom. The van der Waals surface area contributed by atoms with Crippen LogP contribution in [0.15, 0.2) is 0 Å². The third kappa shape index (κ3) is 5.08. The third-order valence-electron chi connectivity index (χ3n) is 2.58. The van der Waals surface area contributed by atoms with Crippen LogP contribution in [0.25, 0.3) is 0 Å². The minimum Gasteiger partial charge on any atom is -0.159 e. The summed E-state index contributed by atoms with van der Waals surface area (Å²) in [6.45, 7) is 8.60. The zero-order valence-corrected chi connectivity index (χ0v) is 9.67. The summed E-state index contributed by atoms with van der Waals surface area (Å²) in [4.78, 5) is 0. The van der Waals surface area contributed by atoms with Gasteiger partial charge in [0, 0.05) is 4.75 Å². The first kappa shape index (κ1) is 12.3. The molecule has 12 heavy (non-hydrogen) atoms. The molecule has 0 fully saturated rings. The normalized spacial score (nSPS) is 16.0. The molecule has 1 atom stereocenters. The molecule has 0 bridgehead atoms. The van der Waals surface area contributed by atoms with Gasteiger partial charge in [-0.05, 0) is 19.1 Å². The van der Waals surface area contributed by atoms with Gasteiger partial charge in [-0.3, -0.25) is 0 Å². The first-order valence-corrected chi connectivity index (χ1v) is 6.25. The number of hydrogen-bond acceptors (Lipinski definition) is 1. The maximum Gasteiger partial charge on any atom is 0.0129 e. The van der Waals surface area contributed by atoms with Crippen molar-refractivity contribution < 1.29 is 0 Å². The lowest BCUT2D eigenvalue weighted by Gasteiger charge is -2.25. The molecule has 0 aromatic heterocycles. The molecule has 0 aliphatic heterocycles. The molecular formula is C11H23S. The molecule has 0 nitrogen and oxygen atoms in total. The van der Waals surface area contributed by atoms with Crippen molar-refractivity contribution in [2.45, 2.75) is 57.1 Å². The highest BCUT2D eigenvalue weighted by Crippen LogP contribution is 2.31. The Balaban J connectivity index is 3.45. The van der Waals surface area contributed by atoms with E-state index in [1.807, 2.05) is 11.8 Å². The summed E-state index contributed by atoms with van der Waals surface area (Å²) in [6.07, 6.45) is 10.1. The van der Waals surface area contributed by atoms with Gasteiger partial charge in [0.2, 0.25) is 0 Å². The number of rotatable bonds is 7. The van der Waals surface area contributed by atoms with Gasteiger partial charge in [0.15, 0.2) is 0 Å². The van der Waals surface area contributed by atoms with Gasteiger partial charge in [0.05, 0.1) is 0 Å². The summed E-state index contributed by atoms with van der Waals surface area (Å²) in [5.74, 6) is 0. The molecule has 1 unspecified atom stereocenters. The summed E-state index contributed by atoms with van der Waals surface area (Å²) in [6, 6.07) is 0. The van der Waals surface area contributed by atoms with Gasteiger partial charge < -0.3 is 0 Å². The van der Waals surface area contributed by atoms with E-state index in [1.165, 1.54) is 32.1 Å². The average Bonchev–Trinajstić information content (AvgIpc) is 2.12. The topological polar surface area (TPSA) is 0 Å². The van der Waals surface area contributed by atoms with Crippen molar-refractivity contribution in [2.75, 3.05) is 6.26 Å². The molecular weight excluding hydrogens is 164 g/mol. The molecule has 1 radical (unpaired) electrons. The Hall–Kier alpha value is 0.350. The van der Waals surface area contributed by atoms with Crippen molar-refractivity contribution in [1.29, 1.82) is 0 Å². The van der Waals surface area contributed by atoms with Gasteiger partial charge >= 0.3 is 0 Å². The Kier molecular flexibility index (Phi) is 7.02. The zero-order chi connectivity index (χ0) is 9.45. The van der Waals surface area contributed by atoms with Crippen LogP contribution in [0.5, 0.6) is 0 Å². The van der Waals surface area contributed by atoms with Crippen LogP contribution < -0.4 is 0 Å². The maximum atomic E-state index is 4.01. The second kappa shape index (κ2) is 6.82. The summed E-state index contributed by atoms with van der Waals surface area (Å²) < 4.78 is 0.438. The molecule has 1 heteroatoms. The van der Waals surface area contributed by atoms with Crippen LogP contribution in [0, 0.1) is 6.92 Å². The molecule has 0 N–H and O–H groups in total. The molecule has 0 heterocycles. The van der Waals surface area contributed by atoms with E-state index in [0.29, 0.717) is 4.75 Å². The van der Waals surface area contributed by atoms with Crippen molar-refractivity contribution >= 4 is 11.8 Å². The van der Waals surface area contributed by atoms with Crippen LogP contribution in [0.4, 0.5) is 0 Å². The highest BCUT2D eigenvalue weighted by Gasteiger charge is 2.19. The van der Waals surface area contributed by atoms with Gasteiger partial charge in [-0.15, -0.1) is 0 Å². The molecule has 0 aromatic rings. The van der Waals surface area contributed by atoms with E-state index in [2.05, 4.69) is 27.0 Å². The first-order valence-electron chi connectivity index (χ1n) is 5.03. The second-order valence-electron chi connectivity index (χ2n) is 3.71. The van der Waals surface area contributed by atoms with Crippen LogP contribution >= 0.6 is 11.8 Å².